The Morgan fingerprint density at radius 3 is 1.27 bits per heavy atom. The first-order chi connectivity index (χ1) is 21.8. The molecule has 4 aromatic heterocycles. The molecule has 0 atom stereocenters. The molecule has 0 saturated carbocycles. The first kappa shape index (κ1) is 24.5. The molecule has 9 aromatic rings. The first-order valence-electron chi connectivity index (χ1n) is 14.5. The predicted octanol–water partition coefficient (Wildman–Crippen LogP) is 8.79. The van der Waals surface area contributed by atoms with Crippen LogP contribution in [-0.2, 0) is 0 Å². The van der Waals surface area contributed by atoms with Crippen LogP contribution in [0.3, 0.4) is 0 Å². The Labute approximate surface area is 252 Å². The van der Waals surface area contributed by atoms with E-state index in [1.807, 2.05) is 12.1 Å². The molecule has 0 bridgehead atoms. The van der Waals surface area contributed by atoms with E-state index < -0.39 is 0 Å². The van der Waals surface area contributed by atoms with Crippen molar-refractivity contribution in [3.8, 4) is 33.9 Å². The molecule has 0 unspecified atom stereocenters. The summed E-state index contributed by atoms with van der Waals surface area (Å²) >= 11 is 0. The summed E-state index contributed by atoms with van der Waals surface area (Å²) < 4.78 is 4.42. The molecule has 5 aromatic carbocycles. The van der Waals surface area contributed by atoms with Gasteiger partial charge in [0.15, 0.2) is 0 Å². The van der Waals surface area contributed by atoms with Crippen molar-refractivity contribution in [2.45, 2.75) is 0 Å². The van der Waals surface area contributed by atoms with E-state index >= 15 is 0 Å². The summed E-state index contributed by atoms with van der Waals surface area (Å²) in [5.74, 6) is 1.71. The number of benzene rings is 5. The second-order valence-electron chi connectivity index (χ2n) is 10.8. The van der Waals surface area contributed by atoms with E-state index in [0.717, 1.165) is 33.7 Å². The molecule has 6 nitrogen and oxygen atoms in total. The zero-order chi connectivity index (χ0) is 29.0. The highest BCUT2D eigenvalue weighted by Crippen LogP contribution is 2.40. The Balaban J connectivity index is 1.24. The number of para-hydroxylation sites is 2. The van der Waals surface area contributed by atoms with Crippen molar-refractivity contribution in [3.63, 3.8) is 0 Å². The number of hydrogen-bond donors (Lipinski definition) is 0. The highest BCUT2D eigenvalue weighted by Gasteiger charge is 2.17. The molecule has 206 valence electrons. The highest BCUT2D eigenvalue weighted by molar-refractivity contribution is 6.12. The van der Waals surface area contributed by atoms with Crippen LogP contribution in [0.2, 0.25) is 0 Å². The maximum atomic E-state index is 4.57. The minimum atomic E-state index is 0.855. The Kier molecular flexibility index (Phi) is 5.40. The molecule has 0 saturated heterocycles. The van der Waals surface area contributed by atoms with E-state index in [0.29, 0.717) is 0 Å². The van der Waals surface area contributed by atoms with Gasteiger partial charge in [-0.05, 0) is 70.8 Å². The molecular weight excluding hydrogens is 540 g/mol. The van der Waals surface area contributed by atoms with E-state index in [2.05, 4.69) is 138 Å². The second kappa shape index (κ2) is 9.71. The molecule has 4 heterocycles. The van der Waals surface area contributed by atoms with E-state index in [4.69, 9.17) is 0 Å². The van der Waals surface area contributed by atoms with Gasteiger partial charge in [-0.2, -0.15) is 0 Å². The minimum Gasteiger partial charge on any atom is -0.294 e. The Bertz CT molecular complexity index is 2320. The van der Waals surface area contributed by atoms with Gasteiger partial charge < -0.3 is 0 Å². The Morgan fingerprint density at radius 2 is 0.818 bits per heavy atom. The van der Waals surface area contributed by atoms with Crippen molar-refractivity contribution in [2.24, 2.45) is 0 Å². The van der Waals surface area contributed by atoms with Gasteiger partial charge in [0.2, 0.25) is 0 Å². The molecule has 0 fully saturated rings. The fourth-order valence-electron chi connectivity index (χ4n) is 6.59. The summed E-state index contributed by atoms with van der Waals surface area (Å²) in [7, 11) is 0. The van der Waals surface area contributed by atoms with Crippen LogP contribution in [0.25, 0.3) is 77.5 Å². The molecule has 0 spiro atoms. The molecular formula is C38H24N6. The largest absolute Gasteiger partial charge is 0.294 e. The molecule has 6 heteroatoms. The topological polar surface area (TPSA) is 61.4 Å². The van der Waals surface area contributed by atoms with Gasteiger partial charge in [-0.15, -0.1) is 0 Å². The van der Waals surface area contributed by atoms with Gasteiger partial charge in [-0.3, -0.25) is 9.13 Å². The lowest BCUT2D eigenvalue weighted by Gasteiger charge is -2.12. The van der Waals surface area contributed by atoms with E-state index in [9.17, 15) is 0 Å². The summed E-state index contributed by atoms with van der Waals surface area (Å²) in [5.41, 5.74) is 9.19. The van der Waals surface area contributed by atoms with Crippen LogP contribution in [0.15, 0.2) is 146 Å². The fourth-order valence-corrected chi connectivity index (χ4v) is 6.59. The summed E-state index contributed by atoms with van der Waals surface area (Å²) in [6, 6.07) is 43.1. The summed E-state index contributed by atoms with van der Waals surface area (Å²) in [6.45, 7) is 0. The van der Waals surface area contributed by atoms with Crippen LogP contribution in [0, 0.1) is 0 Å². The van der Waals surface area contributed by atoms with Crippen LogP contribution in [0.5, 0.6) is 0 Å². The third-order valence-corrected chi connectivity index (χ3v) is 8.49. The maximum Gasteiger partial charge on any atom is 0.140 e. The monoisotopic (exact) mass is 564 g/mol. The SMILES string of the molecule is c1ccc(-c2ccc3c(c2)c2ccccc2n3-c2ccncn2)c(-c2ccc3c(c2)c2ccccc2n3-c2ccncn2)c1. The third-order valence-electron chi connectivity index (χ3n) is 8.49. The minimum absolute atomic E-state index is 0.855. The lowest BCUT2D eigenvalue weighted by Crippen LogP contribution is -1.97. The smallest absolute Gasteiger partial charge is 0.140 e. The fraction of sp³-hybridized carbons (Fsp3) is 0. The molecule has 0 amide bonds. The van der Waals surface area contributed by atoms with Gasteiger partial charge in [0, 0.05) is 33.9 Å². The standard InChI is InChI=1S/C38H24N6/c1-2-8-28(26-14-16-36-32(22-26)30-10-4-6-12-34(30)44(36)38-18-20-40-24-42-38)27(7-1)25-13-15-35-31(21-25)29-9-3-5-11-33(29)43(35)37-17-19-39-23-41-37/h1-24H. The number of fused-ring (bicyclic) bond motifs is 6. The molecule has 0 N–H and O–H groups in total. The highest BCUT2D eigenvalue weighted by atomic mass is 15.1. The van der Waals surface area contributed by atoms with Crippen LogP contribution in [0.4, 0.5) is 0 Å². The van der Waals surface area contributed by atoms with Crippen molar-refractivity contribution in [2.75, 3.05) is 0 Å². The van der Waals surface area contributed by atoms with E-state index in [1.54, 1.807) is 25.0 Å². The van der Waals surface area contributed by atoms with Gasteiger partial charge in [0.25, 0.3) is 0 Å². The maximum absolute atomic E-state index is 4.57. The van der Waals surface area contributed by atoms with Gasteiger partial charge in [0.05, 0.1) is 22.1 Å². The van der Waals surface area contributed by atoms with Gasteiger partial charge >= 0.3 is 0 Å². The average Bonchev–Trinajstić information content (AvgIpc) is 3.61. The molecule has 44 heavy (non-hydrogen) atoms. The molecule has 9 rings (SSSR count). The van der Waals surface area contributed by atoms with Crippen molar-refractivity contribution in [3.05, 3.63) is 146 Å². The van der Waals surface area contributed by atoms with Crippen LogP contribution < -0.4 is 0 Å². The van der Waals surface area contributed by atoms with Crippen molar-refractivity contribution in [1.82, 2.24) is 29.1 Å². The lowest BCUT2D eigenvalue weighted by atomic mass is 9.93. The predicted molar refractivity (Wildman–Crippen MR) is 177 cm³/mol. The normalized spacial score (nSPS) is 11.6. The number of nitrogens with zero attached hydrogens (tertiary/aromatic N) is 6. The van der Waals surface area contributed by atoms with Crippen molar-refractivity contribution >= 4 is 43.6 Å². The lowest BCUT2D eigenvalue weighted by molar-refractivity contribution is 1.04. The van der Waals surface area contributed by atoms with Gasteiger partial charge in [-0.25, -0.2) is 19.9 Å². The molecule has 0 aliphatic heterocycles. The molecule has 0 aliphatic rings. The van der Waals surface area contributed by atoms with Crippen molar-refractivity contribution < 1.29 is 0 Å². The Hall–Kier alpha value is -6.14. The van der Waals surface area contributed by atoms with E-state index in [-0.39, 0.29) is 0 Å². The summed E-state index contributed by atoms with van der Waals surface area (Å²) in [4.78, 5) is 17.4. The zero-order valence-electron chi connectivity index (χ0n) is 23.5. The van der Waals surface area contributed by atoms with Crippen molar-refractivity contribution in [1.29, 1.82) is 0 Å². The Morgan fingerprint density at radius 1 is 0.386 bits per heavy atom. The van der Waals surface area contributed by atoms with Crippen LogP contribution in [0.1, 0.15) is 0 Å². The second-order valence-corrected chi connectivity index (χ2v) is 10.8. The quantitative estimate of drug-likeness (QED) is 0.214. The number of hydrogen-bond acceptors (Lipinski definition) is 4. The van der Waals surface area contributed by atoms with Gasteiger partial charge in [-0.1, -0.05) is 72.8 Å². The number of rotatable bonds is 4. The zero-order valence-corrected chi connectivity index (χ0v) is 23.5. The summed E-state index contributed by atoms with van der Waals surface area (Å²) in [6.07, 6.45) is 6.77. The van der Waals surface area contributed by atoms with Crippen LogP contribution >= 0.6 is 0 Å². The molecule has 0 radical (unpaired) electrons. The third kappa shape index (κ3) is 3.68. The first-order valence-corrected chi connectivity index (χ1v) is 14.5. The average molecular weight is 565 g/mol. The summed E-state index contributed by atoms with van der Waals surface area (Å²) in [5, 5.41) is 4.77. The molecule has 0 aliphatic carbocycles. The van der Waals surface area contributed by atoms with Crippen LogP contribution in [-0.4, -0.2) is 29.1 Å². The van der Waals surface area contributed by atoms with Gasteiger partial charge in [0.1, 0.15) is 24.3 Å². The number of aromatic nitrogens is 6. The van der Waals surface area contributed by atoms with E-state index in [1.165, 1.54) is 43.8 Å².